The van der Waals surface area contributed by atoms with E-state index in [1.807, 2.05) is 17.0 Å². The molecule has 14 heavy (non-hydrogen) atoms. The van der Waals surface area contributed by atoms with E-state index in [1.54, 1.807) is 0 Å². The summed E-state index contributed by atoms with van der Waals surface area (Å²) in [4.78, 5) is 11.5. The number of ketones is 1. The van der Waals surface area contributed by atoms with Gasteiger partial charge in [0.2, 0.25) is 0 Å². The molecule has 3 nitrogen and oxygen atoms in total. The minimum Gasteiger partial charge on any atom is -0.396 e. The van der Waals surface area contributed by atoms with Crippen molar-refractivity contribution >= 4 is 5.78 Å². The van der Waals surface area contributed by atoms with E-state index >= 15 is 0 Å². The fraction of sp³-hybridized carbons (Fsp3) is 0.545. The molecule has 0 saturated heterocycles. The molecule has 0 aliphatic heterocycles. The Labute approximate surface area is 83.4 Å². The lowest BCUT2D eigenvalue weighted by Gasteiger charge is -2.07. The number of fused-ring (bicyclic) bond motifs is 1. The maximum absolute atomic E-state index is 11.5. The molecule has 3 heteroatoms. The first-order valence-electron chi connectivity index (χ1n) is 5.14. The number of aryl methyl sites for hydroxylation is 2. The SMILES string of the molecule is O=C1CCCc2cn(CCCO)cc21. The number of aliphatic hydroxyl groups is 1. The van der Waals surface area contributed by atoms with Gasteiger partial charge in [-0.1, -0.05) is 0 Å². The van der Waals surface area contributed by atoms with Gasteiger partial charge >= 0.3 is 0 Å². The van der Waals surface area contributed by atoms with Crippen molar-refractivity contribution in [1.82, 2.24) is 4.57 Å². The number of rotatable bonds is 3. The highest BCUT2D eigenvalue weighted by molar-refractivity contribution is 5.98. The highest BCUT2D eigenvalue weighted by Gasteiger charge is 2.18. The number of hydrogen-bond donors (Lipinski definition) is 1. The lowest BCUT2D eigenvalue weighted by Crippen LogP contribution is -2.07. The summed E-state index contributed by atoms with van der Waals surface area (Å²) in [6.07, 6.45) is 7.41. The maximum atomic E-state index is 11.5. The highest BCUT2D eigenvalue weighted by atomic mass is 16.3. The second-order valence-corrected chi connectivity index (χ2v) is 3.79. The monoisotopic (exact) mass is 193 g/mol. The molecule has 1 aromatic rings. The van der Waals surface area contributed by atoms with Crippen LogP contribution in [0.4, 0.5) is 0 Å². The number of hydrogen-bond acceptors (Lipinski definition) is 2. The molecule has 0 radical (unpaired) electrons. The second-order valence-electron chi connectivity index (χ2n) is 3.79. The van der Waals surface area contributed by atoms with E-state index in [0.717, 1.165) is 31.4 Å². The third-order valence-corrected chi connectivity index (χ3v) is 2.69. The zero-order valence-corrected chi connectivity index (χ0v) is 8.20. The number of nitrogens with zero attached hydrogens (tertiary/aromatic N) is 1. The second kappa shape index (κ2) is 3.96. The van der Waals surface area contributed by atoms with Crippen molar-refractivity contribution in [3.63, 3.8) is 0 Å². The molecule has 0 atom stereocenters. The predicted molar refractivity (Wildman–Crippen MR) is 53.4 cm³/mol. The third kappa shape index (κ3) is 1.73. The number of carbonyl (C=O) groups excluding carboxylic acids is 1. The van der Waals surface area contributed by atoms with Crippen LogP contribution in [0.25, 0.3) is 0 Å². The van der Waals surface area contributed by atoms with E-state index in [9.17, 15) is 4.79 Å². The number of Topliss-reactive ketones (excluding diaryl/α,β-unsaturated/α-hetero) is 1. The molecule has 0 fully saturated rings. The van der Waals surface area contributed by atoms with Gasteiger partial charge < -0.3 is 9.67 Å². The molecular weight excluding hydrogens is 178 g/mol. The Morgan fingerprint density at radius 1 is 1.36 bits per heavy atom. The van der Waals surface area contributed by atoms with Crippen molar-refractivity contribution in [2.75, 3.05) is 6.61 Å². The van der Waals surface area contributed by atoms with E-state index in [4.69, 9.17) is 5.11 Å². The molecule has 0 unspecified atom stereocenters. The molecule has 1 aromatic heterocycles. The van der Waals surface area contributed by atoms with Gasteiger partial charge in [-0.15, -0.1) is 0 Å². The Morgan fingerprint density at radius 2 is 2.21 bits per heavy atom. The molecular formula is C11H15NO2. The summed E-state index contributed by atoms with van der Waals surface area (Å²) in [5.41, 5.74) is 2.08. The van der Waals surface area contributed by atoms with Crippen LogP contribution in [0.5, 0.6) is 0 Å². The summed E-state index contributed by atoms with van der Waals surface area (Å²) < 4.78 is 2.02. The van der Waals surface area contributed by atoms with Crippen LogP contribution >= 0.6 is 0 Å². The van der Waals surface area contributed by atoms with Crippen molar-refractivity contribution in [3.8, 4) is 0 Å². The molecule has 1 N–H and O–H groups in total. The van der Waals surface area contributed by atoms with E-state index in [0.29, 0.717) is 6.42 Å². The van der Waals surface area contributed by atoms with Gasteiger partial charge in [-0.05, 0) is 24.8 Å². The Kier molecular flexibility index (Phi) is 2.68. The average molecular weight is 193 g/mol. The van der Waals surface area contributed by atoms with Crippen molar-refractivity contribution in [1.29, 1.82) is 0 Å². The van der Waals surface area contributed by atoms with Crippen molar-refractivity contribution in [2.24, 2.45) is 0 Å². The lowest BCUT2D eigenvalue weighted by molar-refractivity contribution is 0.0973. The van der Waals surface area contributed by atoms with Crippen LogP contribution < -0.4 is 0 Å². The summed E-state index contributed by atoms with van der Waals surface area (Å²) in [5, 5.41) is 8.70. The fourth-order valence-corrected chi connectivity index (χ4v) is 1.96. The standard InChI is InChI=1S/C11H15NO2/c13-6-2-5-12-7-9-3-1-4-11(14)10(9)8-12/h7-8,13H,1-6H2. The summed E-state index contributed by atoms with van der Waals surface area (Å²) in [6, 6.07) is 0. The normalized spacial score (nSPS) is 15.6. The van der Waals surface area contributed by atoms with Crippen LogP contribution in [-0.4, -0.2) is 22.1 Å². The summed E-state index contributed by atoms with van der Waals surface area (Å²) in [5.74, 6) is 0.272. The number of carbonyl (C=O) groups is 1. The zero-order chi connectivity index (χ0) is 9.97. The molecule has 0 aromatic carbocycles. The Hall–Kier alpha value is -1.09. The Bertz CT molecular complexity index is 341. The van der Waals surface area contributed by atoms with Gasteiger partial charge in [-0.3, -0.25) is 4.79 Å². The molecule has 0 bridgehead atoms. The van der Waals surface area contributed by atoms with Gasteiger partial charge in [-0.2, -0.15) is 0 Å². The molecule has 1 aliphatic rings. The first-order valence-corrected chi connectivity index (χ1v) is 5.14. The quantitative estimate of drug-likeness (QED) is 0.788. The Balaban J connectivity index is 2.17. The van der Waals surface area contributed by atoms with Gasteiger partial charge in [0.05, 0.1) is 0 Å². The van der Waals surface area contributed by atoms with Gasteiger partial charge in [0.25, 0.3) is 0 Å². The summed E-state index contributed by atoms with van der Waals surface area (Å²) >= 11 is 0. The number of aromatic nitrogens is 1. The largest absolute Gasteiger partial charge is 0.396 e. The van der Waals surface area contributed by atoms with Gasteiger partial charge in [0.1, 0.15) is 0 Å². The van der Waals surface area contributed by atoms with Crippen LogP contribution in [0, 0.1) is 0 Å². The molecule has 0 amide bonds. The van der Waals surface area contributed by atoms with Crippen molar-refractivity contribution in [3.05, 3.63) is 23.5 Å². The third-order valence-electron chi connectivity index (χ3n) is 2.69. The van der Waals surface area contributed by atoms with Crippen LogP contribution in [0.2, 0.25) is 0 Å². The van der Waals surface area contributed by atoms with Gasteiger partial charge in [0.15, 0.2) is 5.78 Å². The van der Waals surface area contributed by atoms with E-state index in [1.165, 1.54) is 5.56 Å². The fourth-order valence-electron chi connectivity index (χ4n) is 1.96. The molecule has 76 valence electrons. The highest BCUT2D eigenvalue weighted by Crippen LogP contribution is 2.21. The average Bonchev–Trinajstić information content (AvgIpc) is 2.59. The summed E-state index contributed by atoms with van der Waals surface area (Å²) in [6.45, 7) is 1.01. The van der Waals surface area contributed by atoms with E-state index in [2.05, 4.69) is 0 Å². The van der Waals surface area contributed by atoms with E-state index < -0.39 is 0 Å². The molecule has 0 saturated carbocycles. The Morgan fingerprint density at radius 3 is 2.93 bits per heavy atom. The smallest absolute Gasteiger partial charge is 0.164 e. The summed E-state index contributed by atoms with van der Waals surface area (Å²) in [7, 11) is 0. The van der Waals surface area contributed by atoms with Crippen molar-refractivity contribution in [2.45, 2.75) is 32.2 Å². The van der Waals surface area contributed by atoms with Crippen molar-refractivity contribution < 1.29 is 9.90 Å². The molecule has 1 aliphatic carbocycles. The first kappa shape index (κ1) is 9.46. The maximum Gasteiger partial charge on any atom is 0.164 e. The van der Waals surface area contributed by atoms with Gasteiger partial charge in [-0.25, -0.2) is 0 Å². The predicted octanol–water partition coefficient (Wildman–Crippen LogP) is 1.39. The first-order chi connectivity index (χ1) is 6.81. The molecule has 2 rings (SSSR count). The number of aliphatic hydroxyl groups excluding tert-OH is 1. The van der Waals surface area contributed by atoms with E-state index in [-0.39, 0.29) is 12.4 Å². The van der Waals surface area contributed by atoms with Crippen LogP contribution in [0.15, 0.2) is 12.4 Å². The van der Waals surface area contributed by atoms with Gasteiger partial charge in [0, 0.05) is 37.5 Å². The molecule has 1 heterocycles. The zero-order valence-electron chi connectivity index (χ0n) is 8.20. The van der Waals surface area contributed by atoms with Crippen LogP contribution in [-0.2, 0) is 13.0 Å². The minimum atomic E-state index is 0.205. The van der Waals surface area contributed by atoms with Crippen LogP contribution in [0.1, 0.15) is 35.2 Å². The topological polar surface area (TPSA) is 42.2 Å². The lowest BCUT2D eigenvalue weighted by atomic mass is 9.95. The molecule has 0 spiro atoms. The van der Waals surface area contributed by atoms with Crippen LogP contribution in [0.3, 0.4) is 0 Å². The minimum absolute atomic E-state index is 0.205.